The van der Waals surface area contributed by atoms with Crippen molar-refractivity contribution in [2.24, 2.45) is 5.41 Å². The number of nitro benzene ring substituents is 1. The molecule has 0 saturated heterocycles. The zero-order valence-corrected chi connectivity index (χ0v) is 16.6. The molecule has 0 aliphatic heterocycles. The summed E-state index contributed by atoms with van der Waals surface area (Å²) >= 11 is 1.11. The summed E-state index contributed by atoms with van der Waals surface area (Å²) in [6.07, 6.45) is 0.668. The molecule has 0 atom stereocenters. The topological polar surface area (TPSA) is 86.5 Å². The predicted octanol–water partition coefficient (Wildman–Crippen LogP) is 5.28. The van der Waals surface area contributed by atoms with Crippen LogP contribution >= 0.6 is 11.8 Å². The Kier molecular flexibility index (Phi) is 5.83. The van der Waals surface area contributed by atoms with E-state index in [9.17, 15) is 24.1 Å². The lowest BCUT2D eigenvalue weighted by Crippen LogP contribution is -2.26. The van der Waals surface area contributed by atoms with E-state index in [4.69, 9.17) is 4.74 Å². The predicted molar refractivity (Wildman–Crippen MR) is 106 cm³/mol. The van der Waals surface area contributed by atoms with Gasteiger partial charge in [-0.2, -0.15) is 0 Å². The largest absolute Gasteiger partial charge is 0.426 e. The molecule has 0 amide bonds. The summed E-state index contributed by atoms with van der Waals surface area (Å²) < 4.78 is 18.6. The van der Waals surface area contributed by atoms with Gasteiger partial charge in [-0.1, -0.05) is 25.6 Å². The highest BCUT2D eigenvalue weighted by Gasteiger charge is 2.35. The third-order valence-electron chi connectivity index (χ3n) is 4.35. The van der Waals surface area contributed by atoms with Crippen LogP contribution in [0, 0.1) is 21.3 Å². The van der Waals surface area contributed by atoms with Crippen molar-refractivity contribution in [1.29, 1.82) is 0 Å². The van der Waals surface area contributed by atoms with E-state index < -0.39 is 16.7 Å². The minimum Gasteiger partial charge on any atom is -0.426 e. The fourth-order valence-corrected chi connectivity index (χ4v) is 3.88. The number of Topliss-reactive ketones (excluding diaryl/α,β-unsaturated/α-hetero) is 1. The van der Waals surface area contributed by atoms with Crippen molar-refractivity contribution >= 4 is 29.2 Å². The maximum atomic E-state index is 13.1. The second kappa shape index (κ2) is 8.16. The maximum absolute atomic E-state index is 13.1. The Morgan fingerprint density at radius 1 is 1.10 bits per heavy atom. The monoisotopic (exact) mass is 415 g/mol. The molecule has 1 aliphatic rings. The van der Waals surface area contributed by atoms with E-state index in [1.165, 1.54) is 24.3 Å². The smallest absolute Gasteiger partial charge is 0.343 e. The molecule has 0 unspecified atom stereocenters. The van der Waals surface area contributed by atoms with Gasteiger partial charge in [-0.3, -0.25) is 14.9 Å². The number of halogens is 1. The molecule has 0 aromatic heterocycles. The summed E-state index contributed by atoms with van der Waals surface area (Å²) in [6, 6.07) is 10.7. The number of esters is 1. The number of rotatable bonds is 5. The molecule has 0 saturated carbocycles. The van der Waals surface area contributed by atoms with E-state index in [0.717, 1.165) is 23.9 Å². The van der Waals surface area contributed by atoms with Gasteiger partial charge in [-0.05, 0) is 41.8 Å². The molecule has 8 heteroatoms. The number of nitrogens with zero attached hydrogens (tertiary/aromatic N) is 1. The molecule has 0 radical (unpaired) electrons. The maximum Gasteiger partial charge on any atom is 0.343 e. The van der Waals surface area contributed by atoms with Crippen molar-refractivity contribution in [2.75, 3.05) is 0 Å². The average Bonchev–Trinajstić information content (AvgIpc) is 2.64. The van der Waals surface area contributed by atoms with Crippen molar-refractivity contribution in [3.8, 4) is 0 Å². The molecule has 2 aromatic carbocycles. The molecule has 0 spiro atoms. The van der Waals surface area contributed by atoms with Crippen LogP contribution in [0.5, 0.6) is 0 Å². The Hall–Kier alpha value is -3.00. The first kappa shape index (κ1) is 20.7. The van der Waals surface area contributed by atoms with Crippen LogP contribution in [0.2, 0.25) is 0 Å². The molecular weight excluding hydrogens is 397 g/mol. The van der Waals surface area contributed by atoms with E-state index in [0.29, 0.717) is 22.6 Å². The first-order valence-corrected chi connectivity index (χ1v) is 9.63. The zero-order chi connectivity index (χ0) is 21.2. The number of allylic oxidation sites excluding steroid dienone is 2. The van der Waals surface area contributed by atoms with Crippen LogP contribution < -0.4 is 0 Å². The minimum absolute atomic E-state index is 0.0533. The van der Waals surface area contributed by atoms with Crippen LogP contribution in [0.3, 0.4) is 0 Å². The molecular formula is C21H18FNO5S. The third-order valence-corrected chi connectivity index (χ3v) is 5.52. The number of benzene rings is 2. The molecule has 0 N–H and O–H groups in total. The summed E-state index contributed by atoms with van der Waals surface area (Å²) in [6.45, 7) is 3.81. The molecule has 6 nitrogen and oxygen atoms in total. The van der Waals surface area contributed by atoms with Crippen molar-refractivity contribution < 1.29 is 23.6 Å². The van der Waals surface area contributed by atoms with Gasteiger partial charge in [-0.25, -0.2) is 9.18 Å². The van der Waals surface area contributed by atoms with E-state index in [1.54, 1.807) is 12.1 Å². The molecule has 29 heavy (non-hydrogen) atoms. The number of thioether (sulfide) groups is 1. The van der Waals surface area contributed by atoms with Crippen LogP contribution in [-0.2, 0) is 9.53 Å². The molecule has 0 fully saturated rings. The van der Waals surface area contributed by atoms with E-state index >= 15 is 0 Å². The Morgan fingerprint density at radius 3 is 2.31 bits per heavy atom. The summed E-state index contributed by atoms with van der Waals surface area (Å²) in [5.74, 6) is -1.05. The normalized spacial score (nSPS) is 15.9. The summed E-state index contributed by atoms with van der Waals surface area (Å²) in [4.78, 5) is 36.4. The molecule has 0 bridgehead atoms. The Bertz CT molecular complexity index is 997. The van der Waals surface area contributed by atoms with Gasteiger partial charge in [0.1, 0.15) is 11.6 Å². The molecule has 3 rings (SSSR count). The second-order valence-corrected chi connectivity index (χ2v) is 8.53. The van der Waals surface area contributed by atoms with Crippen molar-refractivity contribution in [1.82, 2.24) is 0 Å². The van der Waals surface area contributed by atoms with E-state index in [2.05, 4.69) is 0 Å². The van der Waals surface area contributed by atoms with Gasteiger partial charge in [-0.15, -0.1) is 0 Å². The Labute approximate surface area is 170 Å². The Balaban J connectivity index is 1.90. The SMILES string of the molecule is CC1(C)CC(=O)C(Sc2ccc([N+](=O)[O-])cc2)=C(OC(=O)c2ccc(F)cc2)C1. The standard InChI is InChI=1S/C21H18FNO5S/c1-21(2)11-17(24)19(29-16-9-7-15(8-10-16)23(26)27)18(12-21)28-20(25)13-3-5-14(22)6-4-13/h3-10H,11-12H2,1-2H3. The van der Waals surface area contributed by atoms with Crippen molar-refractivity contribution in [2.45, 2.75) is 31.6 Å². The van der Waals surface area contributed by atoms with Gasteiger partial charge in [0.25, 0.3) is 5.69 Å². The number of hydrogen-bond donors (Lipinski definition) is 0. The number of ketones is 1. The first-order chi connectivity index (χ1) is 13.6. The average molecular weight is 415 g/mol. The van der Waals surface area contributed by atoms with Crippen molar-refractivity contribution in [3.63, 3.8) is 0 Å². The summed E-state index contributed by atoms with van der Waals surface area (Å²) in [5.41, 5.74) is -0.258. The molecule has 0 heterocycles. The third kappa shape index (κ3) is 5.08. The van der Waals surface area contributed by atoms with E-state index in [-0.39, 0.29) is 28.2 Å². The van der Waals surface area contributed by atoms with Crippen molar-refractivity contribution in [3.05, 3.63) is 80.7 Å². The fraction of sp³-hybridized carbons (Fsp3) is 0.238. The van der Waals surface area contributed by atoms with Crippen LogP contribution in [0.1, 0.15) is 37.0 Å². The van der Waals surface area contributed by atoms with Gasteiger partial charge in [0, 0.05) is 29.9 Å². The lowest BCUT2D eigenvalue weighted by Gasteiger charge is -2.31. The second-order valence-electron chi connectivity index (χ2n) is 7.44. The van der Waals surface area contributed by atoms with Crippen LogP contribution in [0.25, 0.3) is 0 Å². The lowest BCUT2D eigenvalue weighted by atomic mass is 9.79. The number of carbonyl (C=O) groups is 2. The molecule has 2 aromatic rings. The van der Waals surface area contributed by atoms with Gasteiger partial charge in [0.15, 0.2) is 5.78 Å². The number of carbonyl (C=O) groups excluding carboxylic acids is 2. The highest BCUT2D eigenvalue weighted by Crippen LogP contribution is 2.43. The van der Waals surface area contributed by atoms with E-state index in [1.807, 2.05) is 13.8 Å². The van der Waals surface area contributed by atoms with Gasteiger partial charge in [0.2, 0.25) is 0 Å². The lowest BCUT2D eigenvalue weighted by molar-refractivity contribution is -0.384. The zero-order valence-electron chi connectivity index (χ0n) is 15.8. The summed E-state index contributed by atoms with van der Waals surface area (Å²) in [7, 11) is 0. The van der Waals surface area contributed by atoms with Gasteiger partial charge < -0.3 is 4.74 Å². The van der Waals surface area contributed by atoms with Crippen LogP contribution in [0.15, 0.2) is 64.1 Å². The Morgan fingerprint density at radius 2 is 1.72 bits per heavy atom. The van der Waals surface area contributed by atoms with Gasteiger partial charge >= 0.3 is 5.97 Å². The quantitative estimate of drug-likeness (QED) is 0.375. The number of hydrogen-bond acceptors (Lipinski definition) is 6. The first-order valence-electron chi connectivity index (χ1n) is 8.81. The summed E-state index contributed by atoms with van der Waals surface area (Å²) in [5, 5.41) is 10.8. The fourth-order valence-electron chi connectivity index (χ4n) is 2.95. The van der Waals surface area contributed by atoms with Crippen LogP contribution in [0.4, 0.5) is 10.1 Å². The molecule has 150 valence electrons. The highest BCUT2D eigenvalue weighted by molar-refractivity contribution is 8.04. The van der Waals surface area contributed by atoms with Gasteiger partial charge in [0.05, 0.1) is 15.4 Å². The number of ether oxygens (including phenoxy) is 1. The highest BCUT2D eigenvalue weighted by atomic mass is 32.2. The van der Waals surface area contributed by atoms with Crippen LogP contribution in [-0.4, -0.2) is 16.7 Å². The molecule has 1 aliphatic carbocycles. The number of non-ortho nitro benzene ring substituents is 1. The number of nitro groups is 1. The minimum atomic E-state index is -0.674.